The van der Waals surface area contributed by atoms with Gasteiger partial charge >= 0.3 is 0 Å². The molecule has 6 nitrogen and oxygen atoms in total. The number of rotatable bonds is 7. The highest BCUT2D eigenvalue weighted by Crippen LogP contribution is 2.39. The summed E-state index contributed by atoms with van der Waals surface area (Å²) in [7, 11) is 0. The molecule has 1 fully saturated rings. The van der Waals surface area contributed by atoms with Crippen LogP contribution in [-0.2, 0) is 4.79 Å². The Labute approximate surface area is 231 Å². The zero-order valence-electron chi connectivity index (χ0n) is 21.0. The van der Waals surface area contributed by atoms with Gasteiger partial charge in [0, 0.05) is 42.1 Å². The van der Waals surface area contributed by atoms with Crippen LogP contribution in [-0.4, -0.2) is 32.0 Å². The van der Waals surface area contributed by atoms with E-state index in [1.54, 1.807) is 18.3 Å². The number of amides is 1. The molecule has 0 unspecified atom stereocenters. The number of nitrogens with zero attached hydrogens (tertiary/aromatic N) is 3. The largest absolute Gasteiger partial charge is 0.352 e. The molecule has 194 valence electrons. The van der Waals surface area contributed by atoms with Crippen LogP contribution < -0.4 is 10.6 Å². The number of carbonyl (C=O) groups is 1. The van der Waals surface area contributed by atoms with Gasteiger partial charge in [-0.25, -0.2) is 4.39 Å². The summed E-state index contributed by atoms with van der Waals surface area (Å²) in [6, 6.07) is 29.5. The second-order valence-electron chi connectivity index (χ2n) is 9.40. The van der Waals surface area contributed by atoms with Crippen molar-refractivity contribution >= 4 is 39.7 Å². The third-order valence-electron chi connectivity index (χ3n) is 7.04. The van der Waals surface area contributed by atoms with Crippen molar-refractivity contribution < 1.29 is 9.18 Å². The van der Waals surface area contributed by atoms with Crippen molar-refractivity contribution in [1.82, 2.24) is 19.8 Å². The number of carbonyl (C=O) groups excluding carboxylic acids is 1. The van der Waals surface area contributed by atoms with E-state index >= 15 is 0 Å². The SMILES string of the molecule is O=C(CCN1C(=S)N[C@H](c2ccccn2)[C@H]1c1cccn1-c1ccccc1F)Nc1cccc2ccccc12. The van der Waals surface area contributed by atoms with Crippen molar-refractivity contribution in [1.29, 1.82) is 0 Å². The fourth-order valence-corrected chi connectivity index (χ4v) is 5.57. The molecular formula is C31H26FN5OS. The van der Waals surface area contributed by atoms with Crippen LogP contribution in [0.1, 0.15) is 29.9 Å². The predicted octanol–water partition coefficient (Wildman–Crippen LogP) is 6.17. The standard InChI is InChI=1S/C31H26FN5OS/c32-23-12-3-4-15-26(23)36-19-8-16-27(36)30-29(25-13-5-6-18-33-25)35-31(39)37(30)20-17-28(38)34-24-14-7-10-21-9-1-2-11-22(21)24/h1-16,18-19,29-30H,17,20H2,(H,34,38)(H,35,39)/t29-,30-/m1/s1. The number of thiocarbonyl (C=S) groups is 1. The molecule has 0 bridgehead atoms. The smallest absolute Gasteiger partial charge is 0.226 e. The average molecular weight is 536 g/mol. The molecule has 5 aromatic rings. The first-order valence-electron chi connectivity index (χ1n) is 12.8. The van der Waals surface area contributed by atoms with Gasteiger partial charge in [-0.05, 0) is 60.1 Å². The lowest BCUT2D eigenvalue weighted by Gasteiger charge is -2.29. The molecule has 1 aliphatic heterocycles. The van der Waals surface area contributed by atoms with E-state index in [1.165, 1.54) is 6.07 Å². The monoisotopic (exact) mass is 535 g/mol. The maximum Gasteiger partial charge on any atom is 0.226 e. The molecule has 39 heavy (non-hydrogen) atoms. The lowest BCUT2D eigenvalue weighted by atomic mass is 10.0. The first kappa shape index (κ1) is 24.8. The minimum atomic E-state index is -0.320. The maximum absolute atomic E-state index is 14.8. The number of anilines is 1. The highest BCUT2D eigenvalue weighted by Gasteiger charge is 2.41. The highest BCUT2D eigenvalue weighted by atomic mass is 32.1. The van der Waals surface area contributed by atoms with Crippen LogP contribution in [0.15, 0.2) is 109 Å². The molecule has 0 aliphatic carbocycles. The molecule has 3 aromatic carbocycles. The topological polar surface area (TPSA) is 62.2 Å². The van der Waals surface area contributed by atoms with Crippen molar-refractivity contribution in [2.45, 2.75) is 18.5 Å². The van der Waals surface area contributed by atoms with Crippen LogP contribution in [0.5, 0.6) is 0 Å². The van der Waals surface area contributed by atoms with E-state index in [0.29, 0.717) is 17.3 Å². The summed E-state index contributed by atoms with van der Waals surface area (Å²) < 4.78 is 16.7. The number of hydrogen-bond acceptors (Lipinski definition) is 3. The number of para-hydroxylation sites is 1. The lowest BCUT2D eigenvalue weighted by molar-refractivity contribution is -0.116. The normalized spacial score (nSPS) is 16.8. The quantitative estimate of drug-likeness (QED) is 0.244. The van der Waals surface area contributed by atoms with Crippen molar-refractivity contribution in [3.63, 3.8) is 0 Å². The zero-order chi connectivity index (χ0) is 26.8. The first-order chi connectivity index (χ1) is 19.1. The molecule has 1 aliphatic rings. The van der Waals surface area contributed by atoms with Gasteiger partial charge in [0.1, 0.15) is 5.82 Å². The molecule has 0 spiro atoms. The van der Waals surface area contributed by atoms with Gasteiger partial charge in [-0.15, -0.1) is 0 Å². The van der Waals surface area contributed by atoms with Crippen LogP contribution in [0.2, 0.25) is 0 Å². The molecule has 2 aromatic heterocycles. The van der Waals surface area contributed by atoms with Crippen LogP contribution in [0.3, 0.4) is 0 Å². The van der Waals surface area contributed by atoms with Crippen LogP contribution in [0.25, 0.3) is 16.5 Å². The Bertz CT molecular complexity index is 1650. The Morgan fingerprint density at radius 2 is 1.74 bits per heavy atom. The minimum Gasteiger partial charge on any atom is -0.352 e. The van der Waals surface area contributed by atoms with Gasteiger partial charge in [-0.2, -0.15) is 0 Å². The summed E-state index contributed by atoms with van der Waals surface area (Å²) in [6.07, 6.45) is 3.81. The van der Waals surface area contributed by atoms with Gasteiger partial charge in [-0.1, -0.05) is 54.6 Å². The lowest BCUT2D eigenvalue weighted by Crippen LogP contribution is -2.33. The fourth-order valence-electron chi connectivity index (χ4n) is 5.24. The Balaban J connectivity index is 1.30. The van der Waals surface area contributed by atoms with Crippen molar-refractivity contribution in [2.75, 3.05) is 11.9 Å². The van der Waals surface area contributed by atoms with E-state index in [-0.39, 0.29) is 30.2 Å². The van der Waals surface area contributed by atoms with E-state index in [1.807, 2.05) is 94.5 Å². The van der Waals surface area contributed by atoms with Crippen LogP contribution >= 0.6 is 12.2 Å². The second kappa shape index (κ2) is 10.7. The Hall–Kier alpha value is -4.56. The first-order valence-corrected chi connectivity index (χ1v) is 13.2. The van der Waals surface area contributed by atoms with E-state index in [2.05, 4.69) is 15.6 Å². The number of hydrogen-bond donors (Lipinski definition) is 2. The molecule has 3 heterocycles. The average Bonchev–Trinajstić information content (AvgIpc) is 3.57. The Kier molecular flexibility index (Phi) is 6.77. The van der Waals surface area contributed by atoms with Gasteiger partial charge < -0.3 is 20.1 Å². The third-order valence-corrected chi connectivity index (χ3v) is 7.39. The molecule has 2 N–H and O–H groups in total. The minimum absolute atomic E-state index is 0.112. The summed E-state index contributed by atoms with van der Waals surface area (Å²) >= 11 is 5.77. The molecular weight excluding hydrogens is 509 g/mol. The van der Waals surface area contributed by atoms with Gasteiger partial charge in [0.15, 0.2) is 5.11 Å². The van der Waals surface area contributed by atoms with Crippen LogP contribution in [0.4, 0.5) is 10.1 Å². The van der Waals surface area contributed by atoms with E-state index in [0.717, 1.165) is 27.8 Å². The number of nitrogens with one attached hydrogen (secondary N) is 2. The third kappa shape index (κ3) is 4.86. The molecule has 0 radical (unpaired) electrons. The number of benzene rings is 3. The number of fused-ring (bicyclic) bond motifs is 1. The summed E-state index contributed by atoms with van der Waals surface area (Å²) in [5, 5.41) is 9.04. The van der Waals surface area contributed by atoms with E-state index in [9.17, 15) is 9.18 Å². The maximum atomic E-state index is 14.8. The van der Waals surface area contributed by atoms with Gasteiger partial charge in [0.25, 0.3) is 0 Å². The molecule has 0 saturated carbocycles. The van der Waals surface area contributed by atoms with Gasteiger partial charge in [0.05, 0.1) is 23.5 Å². The van der Waals surface area contributed by atoms with Gasteiger partial charge in [0.2, 0.25) is 5.91 Å². The number of pyridine rings is 1. The summed E-state index contributed by atoms with van der Waals surface area (Å²) in [5.41, 5.74) is 2.88. The summed E-state index contributed by atoms with van der Waals surface area (Å²) in [6.45, 7) is 0.374. The van der Waals surface area contributed by atoms with E-state index in [4.69, 9.17) is 12.2 Å². The highest BCUT2D eigenvalue weighted by molar-refractivity contribution is 7.80. The number of halogens is 1. The fraction of sp³-hybridized carbons (Fsp3) is 0.129. The summed E-state index contributed by atoms with van der Waals surface area (Å²) in [5.74, 6) is -0.433. The second-order valence-corrected chi connectivity index (χ2v) is 9.79. The molecule has 1 saturated heterocycles. The summed E-state index contributed by atoms with van der Waals surface area (Å²) in [4.78, 5) is 19.7. The molecule has 6 rings (SSSR count). The van der Waals surface area contributed by atoms with Crippen molar-refractivity contribution in [3.8, 4) is 5.69 Å². The Morgan fingerprint density at radius 1 is 0.949 bits per heavy atom. The van der Waals surface area contributed by atoms with Crippen LogP contribution in [0, 0.1) is 5.82 Å². The van der Waals surface area contributed by atoms with Gasteiger partial charge in [-0.3, -0.25) is 9.78 Å². The van der Waals surface area contributed by atoms with Crippen molar-refractivity contribution in [2.24, 2.45) is 0 Å². The zero-order valence-corrected chi connectivity index (χ0v) is 21.8. The predicted molar refractivity (Wildman–Crippen MR) is 155 cm³/mol. The molecule has 1 amide bonds. The van der Waals surface area contributed by atoms with E-state index < -0.39 is 0 Å². The van der Waals surface area contributed by atoms with Crippen molar-refractivity contribution in [3.05, 3.63) is 127 Å². The Morgan fingerprint density at radius 3 is 2.59 bits per heavy atom. The molecule has 2 atom stereocenters. The number of aromatic nitrogens is 2. The molecule has 8 heteroatoms.